The van der Waals surface area contributed by atoms with E-state index >= 15 is 0 Å². The third-order valence-corrected chi connectivity index (χ3v) is 5.31. The van der Waals surface area contributed by atoms with Crippen LogP contribution in [0.3, 0.4) is 0 Å². The molecule has 1 atom stereocenters. The lowest BCUT2D eigenvalue weighted by atomic mass is 10.2. The van der Waals surface area contributed by atoms with Crippen LogP contribution in [0.5, 0.6) is 5.75 Å². The second-order valence-corrected chi connectivity index (χ2v) is 7.46. The van der Waals surface area contributed by atoms with E-state index in [-0.39, 0.29) is 11.2 Å². The van der Waals surface area contributed by atoms with E-state index in [0.717, 1.165) is 16.5 Å². The third kappa shape index (κ3) is 3.53. The second kappa shape index (κ2) is 7.90. The molecule has 4 rings (SSSR count). The lowest BCUT2D eigenvalue weighted by molar-refractivity contribution is -0.115. The molecule has 0 saturated carbocycles. The van der Waals surface area contributed by atoms with E-state index in [2.05, 4.69) is 15.3 Å². The summed E-state index contributed by atoms with van der Waals surface area (Å²) in [4.78, 5) is 21.4. The van der Waals surface area contributed by atoms with Crippen molar-refractivity contribution in [1.82, 2.24) is 9.97 Å². The summed E-state index contributed by atoms with van der Waals surface area (Å²) in [6.45, 7) is 4.27. The number of nitrogens with one attached hydrogen (secondary N) is 1. The van der Waals surface area contributed by atoms with Gasteiger partial charge in [-0.25, -0.2) is 9.97 Å². The largest absolute Gasteiger partial charge is 0.492 e. The Morgan fingerprint density at radius 2 is 1.96 bits per heavy atom. The topological polar surface area (TPSA) is 77.2 Å². The molecule has 2 heterocycles. The van der Waals surface area contributed by atoms with Gasteiger partial charge in [0.15, 0.2) is 5.58 Å². The smallest absolute Gasteiger partial charge is 0.237 e. The van der Waals surface area contributed by atoms with Crippen molar-refractivity contribution >= 4 is 45.4 Å². The maximum absolute atomic E-state index is 12.7. The molecule has 28 heavy (non-hydrogen) atoms. The Morgan fingerprint density at radius 1 is 1.18 bits per heavy atom. The van der Waals surface area contributed by atoms with E-state index in [1.807, 2.05) is 62.4 Å². The highest BCUT2D eigenvalue weighted by Gasteiger charge is 2.20. The fourth-order valence-electron chi connectivity index (χ4n) is 2.89. The number of aromatic nitrogens is 2. The molecular weight excluding hydrogens is 374 g/mol. The number of benzene rings is 2. The van der Waals surface area contributed by atoms with Crippen LogP contribution in [0.1, 0.15) is 13.8 Å². The predicted octanol–water partition coefficient (Wildman–Crippen LogP) is 4.89. The van der Waals surface area contributed by atoms with Crippen LogP contribution < -0.4 is 10.1 Å². The zero-order chi connectivity index (χ0) is 19.5. The zero-order valence-corrected chi connectivity index (χ0v) is 16.3. The van der Waals surface area contributed by atoms with E-state index in [1.165, 1.54) is 18.1 Å². The number of carbonyl (C=O) groups is 1. The average molecular weight is 393 g/mol. The highest BCUT2D eigenvalue weighted by molar-refractivity contribution is 8.00. The molecule has 142 valence electrons. The number of furan rings is 1. The number of hydrogen-bond acceptors (Lipinski definition) is 6. The molecule has 0 fully saturated rings. The Balaban J connectivity index is 1.57. The number of anilines is 1. The number of fused-ring (bicyclic) bond motifs is 3. The third-order valence-electron chi connectivity index (χ3n) is 4.23. The monoisotopic (exact) mass is 393 g/mol. The number of ether oxygens (including phenoxy) is 1. The summed E-state index contributed by atoms with van der Waals surface area (Å²) in [6.07, 6.45) is 1.50. The highest BCUT2D eigenvalue weighted by atomic mass is 32.2. The van der Waals surface area contributed by atoms with E-state index in [4.69, 9.17) is 9.15 Å². The molecule has 0 unspecified atom stereocenters. The number of thioether (sulfide) groups is 1. The minimum Gasteiger partial charge on any atom is -0.492 e. The minimum absolute atomic E-state index is 0.139. The molecule has 1 amide bonds. The van der Waals surface area contributed by atoms with Gasteiger partial charge in [-0.3, -0.25) is 4.79 Å². The second-order valence-electron chi connectivity index (χ2n) is 6.13. The number of para-hydroxylation sites is 3. The van der Waals surface area contributed by atoms with Crippen LogP contribution in [0.15, 0.2) is 64.3 Å². The van der Waals surface area contributed by atoms with Gasteiger partial charge in [-0.1, -0.05) is 36.0 Å². The molecule has 7 heteroatoms. The van der Waals surface area contributed by atoms with Crippen molar-refractivity contribution in [2.45, 2.75) is 24.1 Å². The maximum Gasteiger partial charge on any atom is 0.237 e. The summed E-state index contributed by atoms with van der Waals surface area (Å²) in [7, 11) is 0. The van der Waals surface area contributed by atoms with Crippen molar-refractivity contribution in [2.24, 2.45) is 0 Å². The number of rotatable bonds is 6. The van der Waals surface area contributed by atoms with Crippen LogP contribution in [0.4, 0.5) is 5.69 Å². The molecule has 0 saturated heterocycles. The van der Waals surface area contributed by atoms with Crippen LogP contribution in [0.25, 0.3) is 22.1 Å². The number of nitrogens with zero attached hydrogens (tertiary/aromatic N) is 2. The summed E-state index contributed by atoms with van der Waals surface area (Å²) in [5.74, 6) is 0.511. The Labute approximate surface area is 166 Å². The van der Waals surface area contributed by atoms with Gasteiger partial charge in [0, 0.05) is 5.39 Å². The normalized spacial score (nSPS) is 12.2. The van der Waals surface area contributed by atoms with Gasteiger partial charge in [0.25, 0.3) is 0 Å². The molecule has 0 aliphatic carbocycles. The fraction of sp³-hybridized carbons (Fsp3) is 0.190. The lowest BCUT2D eigenvalue weighted by Gasteiger charge is -2.14. The molecule has 1 N–H and O–H groups in total. The van der Waals surface area contributed by atoms with Crippen LogP contribution in [-0.4, -0.2) is 27.7 Å². The van der Waals surface area contributed by atoms with Gasteiger partial charge in [0.1, 0.15) is 28.2 Å². The zero-order valence-electron chi connectivity index (χ0n) is 15.5. The molecule has 4 aromatic rings. The number of hydrogen-bond donors (Lipinski definition) is 1. The average Bonchev–Trinajstić information content (AvgIpc) is 3.09. The van der Waals surface area contributed by atoms with E-state index < -0.39 is 0 Å². The van der Waals surface area contributed by atoms with Gasteiger partial charge >= 0.3 is 0 Å². The van der Waals surface area contributed by atoms with Gasteiger partial charge in [0.05, 0.1) is 17.5 Å². The van der Waals surface area contributed by atoms with Crippen molar-refractivity contribution in [3.8, 4) is 5.75 Å². The standard InChI is InChI=1S/C21H19N3O3S/c1-3-26-17-11-7-5-9-15(17)24-20(25)13(2)28-21-19-18(22-12-23-21)14-8-4-6-10-16(14)27-19/h4-13H,3H2,1-2H3,(H,24,25)/t13-/m0/s1. The number of amides is 1. The summed E-state index contributed by atoms with van der Waals surface area (Å²) in [5, 5.41) is 4.12. The van der Waals surface area contributed by atoms with Crippen LogP contribution in [0, 0.1) is 0 Å². The maximum atomic E-state index is 12.7. The van der Waals surface area contributed by atoms with Gasteiger partial charge in [-0.15, -0.1) is 0 Å². The summed E-state index contributed by atoms with van der Waals surface area (Å²) < 4.78 is 11.5. The Bertz CT molecular complexity index is 1140. The van der Waals surface area contributed by atoms with Crippen LogP contribution in [0.2, 0.25) is 0 Å². The minimum atomic E-state index is -0.388. The summed E-state index contributed by atoms with van der Waals surface area (Å²) >= 11 is 1.34. The quantitative estimate of drug-likeness (QED) is 0.371. The van der Waals surface area contributed by atoms with E-state index in [0.29, 0.717) is 28.7 Å². The van der Waals surface area contributed by atoms with Crippen molar-refractivity contribution in [3.63, 3.8) is 0 Å². The summed E-state index contributed by atoms with van der Waals surface area (Å²) in [6, 6.07) is 15.1. The Morgan fingerprint density at radius 3 is 2.82 bits per heavy atom. The van der Waals surface area contributed by atoms with Gasteiger partial charge < -0.3 is 14.5 Å². The Hall–Kier alpha value is -3.06. The van der Waals surface area contributed by atoms with Gasteiger partial charge in [0.2, 0.25) is 5.91 Å². The van der Waals surface area contributed by atoms with Gasteiger partial charge in [-0.05, 0) is 38.1 Å². The Kier molecular flexibility index (Phi) is 5.16. The molecule has 0 aliphatic heterocycles. The first kappa shape index (κ1) is 18.3. The first-order valence-corrected chi connectivity index (χ1v) is 9.87. The molecule has 0 radical (unpaired) electrons. The van der Waals surface area contributed by atoms with Crippen molar-refractivity contribution in [2.75, 3.05) is 11.9 Å². The molecule has 0 spiro atoms. The molecular formula is C21H19N3O3S. The molecule has 2 aromatic heterocycles. The van der Waals surface area contributed by atoms with Crippen molar-refractivity contribution < 1.29 is 13.9 Å². The van der Waals surface area contributed by atoms with Gasteiger partial charge in [-0.2, -0.15) is 0 Å². The summed E-state index contributed by atoms with van der Waals surface area (Å²) in [5.41, 5.74) is 2.76. The van der Waals surface area contributed by atoms with E-state index in [1.54, 1.807) is 0 Å². The van der Waals surface area contributed by atoms with Crippen LogP contribution in [-0.2, 0) is 4.79 Å². The van der Waals surface area contributed by atoms with Crippen LogP contribution >= 0.6 is 11.8 Å². The van der Waals surface area contributed by atoms with E-state index in [9.17, 15) is 4.79 Å². The highest BCUT2D eigenvalue weighted by Crippen LogP contribution is 2.34. The first-order chi connectivity index (χ1) is 13.7. The molecule has 6 nitrogen and oxygen atoms in total. The SMILES string of the molecule is CCOc1ccccc1NC(=O)[C@H](C)Sc1ncnc2c1oc1ccccc12. The number of carbonyl (C=O) groups excluding carboxylic acids is 1. The molecule has 0 aliphatic rings. The molecule has 0 bridgehead atoms. The lowest BCUT2D eigenvalue weighted by Crippen LogP contribution is -2.23. The first-order valence-electron chi connectivity index (χ1n) is 8.99. The van der Waals surface area contributed by atoms with Crippen molar-refractivity contribution in [1.29, 1.82) is 0 Å². The van der Waals surface area contributed by atoms with Crippen molar-refractivity contribution in [3.05, 3.63) is 54.9 Å². The predicted molar refractivity (Wildman–Crippen MR) is 111 cm³/mol. The molecule has 2 aromatic carbocycles. The fourth-order valence-corrected chi connectivity index (χ4v) is 3.75.